The van der Waals surface area contributed by atoms with Crippen LogP contribution < -0.4 is 5.32 Å². The number of aromatic nitrogens is 1. The highest BCUT2D eigenvalue weighted by atomic mass is 16.1. The van der Waals surface area contributed by atoms with E-state index in [0.29, 0.717) is 6.04 Å². The van der Waals surface area contributed by atoms with Crippen molar-refractivity contribution in [3.05, 3.63) is 42.1 Å². The Bertz CT molecular complexity index is 720. The van der Waals surface area contributed by atoms with E-state index < -0.39 is 0 Å². The summed E-state index contributed by atoms with van der Waals surface area (Å²) >= 11 is 0. The number of hydrogen-bond acceptors (Lipinski definition) is 1. The molecule has 1 heterocycles. The molecule has 1 aromatic carbocycles. The number of benzene rings is 1. The number of amides is 1. The molecule has 0 bridgehead atoms. The number of aryl methyl sites for hydroxylation is 1. The third-order valence-electron chi connectivity index (χ3n) is 4.78. The van der Waals surface area contributed by atoms with Gasteiger partial charge in [-0.25, -0.2) is 0 Å². The molecule has 2 aromatic rings. The summed E-state index contributed by atoms with van der Waals surface area (Å²) in [6.07, 6.45) is 11.0. The van der Waals surface area contributed by atoms with Gasteiger partial charge in [0.15, 0.2) is 0 Å². The van der Waals surface area contributed by atoms with Gasteiger partial charge in [-0.2, -0.15) is 0 Å². The van der Waals surface area contributed by atoms with Gasteiger partial charge < -0.3 is 9.88 Å². The van der Waals surface area contributed by atoms with Crippen LogP contribution in [0.25, 0.3) is 16.5 Å². The van der Waals surface area contributed by atoms with E-state index >= 15 is 0 Å². The lowest BCUT2D eigenvalue weighted by atomic mass is 9.94. The Labute approximate surface area is 138 Å². The number of allylic oxidation sites excluding steroid dienone is 1. The number of carbonyl (C=O) groups excluding carboxylic acids is 1. The van der Waals surface area contributed by atoms with E-state index in [9.17, 15) is 4.79 Å². The smallest absolute Gasteiger partial charge is 0.251 e. The van der Waals surface area contributed by atoms with Gasteiger partial charge in [0.1, 0.15) is 0 Å². The fraction of sp³-hybridized carbons (Fsp3) is 0.450. The van der Waals surface area contributed by atoms with E-state index in [1.54, 1.807) is 0 Å². The molecule has 1 aliphatic rings. The molecule has 23 heavy (non-hydrogen) atoms. The Morgan fingerprint density at radius 1 is 1.26 bits per heavy atom. The SMILES string of the molecule is CCC=C(C(=O)NC1CCCCC1)c1cn(C)c2ccccc12. The number of nitrogens with zero attached hydrogens (tertiary/aromatic N) is 1. The van der Waals surface area contributed by atoms with Gasteiger partial charge >= 0.3 is 0 Å². The van der Waals surface area contributed by atoms with Crippen LogP contribution >= 0.6 is 0 Å². The maximum Gasteiger partial charge on any atom is 0.251 e. The topological polar surface area (TPSA) is 34.0 Å². The maximum absolute atomic E-state index is 12.9. The third-order valence-corrected chi connectivity index (χ3v) is 4.78. The second-order valence-corrected chi connectivity index (χ2v) is 6.51. The second-order valence-electron chi connectivity index (χ2n) is 6.51. The van der Waals surface area contributed by atoms with Gasteiger partial charge in [-0.3, -0.25) is 4.79 Å². The van der Waals surface area contributed by atoms with E-state index in [-0.39, 0.29) is 5.91 Å². The van der Waals surface area contributed by atoms with Crippen LogP contribution in [-0.2, 0) is 11.8 Å². The number of hydrogen-bond donors (Lipinski definition) is 1. The summed E-state index contributed by atoms with van der Waals surface area (Å²) in [5.74, 6) is 0.0788. The third kappa shape index (κ3) is 3.34. The number of nitrogens with one attached hydrogen (secondary N) is 1. The first-order valence-electron chi connectivity index (χ1n) is 8.76. The normalized spacial score (nSPS) is 16.7. The van der Waals surface area contributed by atoms with Crippen molar-refractivity contribution in [3.63, 3.8) is 0 Å². The molecule has 0 spiro atoms. The van der Waals surface area contributed by atoms with Gasteiger partial charge in [-0.1, -0.05) is 50.5 Å². The van der Waals surface area contributed by atoms with Crippen LogP contribution in [0.4, 0.5) is 0 Å². The number of para-hydroxylation sites is 1. The molecule has 3 heteroatoms. The molecule has 1 saturated carbocycles. The van der Waals surface area contributed by atoms with Crippen LogP contribution in [-0.4, -0.2) is 16.5 Å². The molecular weight excluding hydrogens is 284 g/mol. The van der Waals surface area contributed by atoms with Gasteiger partial charge in [0.25, 0.3) is 5.91 Å². The zero-order valence-electron chi connectivity index (χ0n) is 14.1. The summed E-state index contributed by atoms with van der Waals surface area (Å²) in [5, 5.41) is 4.41. The van der Waals surface area contributed by atoms with Crippen molar-refractivity contribution in [2.75, 3.05) is 0 Å². The molecule has 0 aliphatic heterocycles. The molecule has 0 unspecified atom stereocenters. The lowest BCUT2D eigenvalue weighted by molar-refractivity contribution is -0.116. The first-order chi connectivity index (χ1) is 11.2. The van der Waals surface area contributed by atoms with Crippen LogP contribution in [0.2, 0.25) is 0 Å². The van der Waals surface area contributed by atoms with Crippen LogP contribution in [0.1, 0.15) is 51.0 Å². The lowest BCUT2D eigenvalue weighted by Gasteiger charge is -2.23. The van der Waals surface area contributed by atoms with Crippen molar-refractivity contribution in [3.8, 4) is 0 Å². The molecule has 122 valence electrons. The summed E-state index contributed by atoms with van der Waals surface area (Å²) in [7, 11) is 2.04. The Balaban J connectivity index is 1.91. The Morgan fingerprint density at radius 2 is 2.00 bits per heavy atom. The van der Waals surface area contributed by atoms with E-state index in [4.69, 9.17) is 0 Å². The molecule has 1 amide bonds. The van der Waals surface area contributed by atoms with E-state index in [2.05, 4.69) is 41.2 Å². The lowest BCUT2D eigenvalue weighted by Crippen LogP contribution is -2.36. The Morgan fingerprint density at radius 3 is 2.74 bits per heavy atom. The average molecular weight is 310 g/mol. The predicted molar refractivity (Wildman–Crippen MR) is 96.2 cm³/mol. The highest BCUT2D eigenvalue weighted by Crippen LogP contribution is 2.28. The first-order valence-corrected chi connectivity index (χ1v) is 8.76. The molecule has 1 aliphatic carbocycles. The molecule has 0 saturated heterocycles. The van der Waals surface area contributed by atoms with E-state index in [1.807, 2.05) is 19.2 Å². The number of fused-ring (bicyclic) bond motifs is 1. The first kappa shape index (κ1) is 15.9. The molecular formula is C20H26N2O. The summed E-state index contributed by atoms with van der Waals surface area (Å²) in [4.78, 5) is 12.9. The summed E-state index contributed by atoms with van der Waals surface area (Å²) in [6, 6.07) is 8.61. The molecule has 0 radical (unpaired) electrons. The van der Waals surface area contributed by atoms with Crippen LogP contribution in [0.3, 0.4) is 0 Å². The van der Waals surface area contributed by atoms with E-state index in [1.165, 1.54) is 19.3 Å². The number of carbonyl (C=O) groups is 1. The van der Waals surface area contributed by atoms with Crippen molar-refractivity contribution in [1.29, 1.82) is 0 Å². The highest BCUT2D eigenvalue weighted by molar-refractivity contribution is 6.22. The zero-order chi connectivity index (χ0) is 16.2. The minimum Gasteiger partial charge on any atom is -0.350 e. The van der Waals surface area contributed by atoms with Gasteiger partial charge in [-0.15, -0.1) is 0 Å². The minimum atomic E-state index is 0.0788. The maximum atomic E-state index is 12.9. The molecule has 1 aromatic heterocycles. The monoisotopic (exact) mass is 310 g/mol. The van der Waals surface area contributed by atoms with Gasteiger partial charge in [0.05, 0.1) is 0 Å². The summed E-state index contributed by atoms with van der Waals surface area (Å²) in [5.41, 5.74) is 3.02. The van der Waals surface area contributed by atoms with Crippen molar-refractivity contribution >= 4 is 22.4 Å². The Kier molecular flexibility index (Phi) is 4.85. The summed E-state index contributed by atoms with van der Waals surface area (Å²) < 4.78 is 2.10. The predicted octanol–water partition coefficient (Wildman–Crippen LogP) is 4.42. The average Bonchev–Trinajstić information content (AvgIpc) is 2.90. The van der Waals surface area contributed by atoms with Crippen molar-refractivity contribution in [2.45, 2.75) is 51.5 Å². The fourth-order valence-electron chi connectivity index (χ4n) is 3.60. The summed E-state index contributed by atoms with van der Waals surface area (Å²) in [6.45, 7) is 2.08. The minimum absolute atomic E-state index is 0.0788. The van der Waals surface area contributed by atoms with Crippen LogP contribution in [0.5, 0.6) is 0 Å². The number of rotatable bonds is 4. The Hall–Kier alpha value is -2.03. The van der Waals surface area contributed by atoms with Crippen LogP contribution in [0, 0.1) is 0 Å². The molecule has 3 nitrogen and oxygen atoms in total. The van der Waals surface area contributed by atoms with Crippen molar-refractivity contribution < 1.29 is 4.79 Å². The molecule has 0 atom stereocenters. The quantitative estimate of drug-likeness (QED) is 0.833. The van der Waals surface area contributed by atoms with Gasteiger partial charge in [0.2, 0.25) is 0 Å². The van der Waals surface area contributed by atoms with E-state index in [0.717, 1.165) is 41.3 Å². The van der Waals surface area contributed by atoms with Crippen LogP contribution in [0.15, 0.2) is 36.5 Å². The largest absolute Gasteiger partial charge is 0.350 e. The van der Waals surface area contributed by atoms with Gasteiger partial charge in [0, 0.05) is 41.3 Å². The molecule has 1 fully saturated rings. The second kappa shape index (κ2) is 7.03. The fourth-order valence-corrected chi connectivity index (χ4v) is 3.60. The van der Waals surface area contributed by atoms with Crippen molar-refractivity contribution in [1.82, 2.24) is 9.88 Å². The zero-order valence-corrected chi connectivity index (χ0v) is 14.1. The highest BCUT2D eigenvalue weighted by Gasteiger charge is 2.21. The van der Waals surface area contributed by atoms with Gasteiger partial charge in [-0.05, 0) is 25.3 Å². The standard InChI is InChI=1S/C20H26N2O/c1-3-9-17(20(23)21-15-10-5-4-6-11-15)18-14-22(2)19-13-8-7-12-16(18)19/h7-9,12-15H,3-6,10-11H2,1-2H3,(H,21,23). The van der Waals surface area contributed by atoms with Crippen molar-refractivity contribution in [2.24, 2.45) is 7.05 Å². The molecule has 3 rings (SSSR count). The molecule has 1 N–H and O–H groups in total.